The van der Waals surface area contributed by atoms with Crippen LogP contribution in [0.25, 0.3) is 0 Å². The number of nitrogens with zero attached hydrogens (tertiary/aromatic N) is 3. The Morgan fingerprint density at radius 2 is 1.88 bits per heavy atom. The third-order valence-electron chi connectivity index (χ3n) is 6.52. The predicted octanol–water partition coefficient (Wildman–Crippen LogP) is 2.85. The molecule has 5 rings (SSSR count). The molecule has 3 heterocycles. The number of amides is 5. The maximum atomic E-state index is 13.0. The second-order valence-electron chi connectivity index (χ2n) is 8.68. The van der Waals surface area contributed by atoms with Gasteiger partial charge in [0.25, 0.3) is 5.91 Å². The number of urea groups is 1. The van der Waals surface area contributed by atoms with Crippen molar-refractivity contribution in [3.63, 3.8) is 0 Å². The summed E-state index contributed by atoms with van der Waals surface area (Å²) in [4.78, 5) is 54.5. The van der Waals surface area contributed by atoms with Crippen molar-refractivity contribution in [3.8, 4) is 0 Å². The van der Waals surface area contributed by atoms with Crippen molar-refractivity contribution >= 4 is 41.0 Å². The van der Waals surface area contributed by atoms with E-state index in [0.717, 1.165) is 22.4 Å². The van der Waals surface area contributed by atoms with Crippen molar-refractivity contribution in [2.75, 3.05) is 18.0 Å². The van der Waals surface area contributed by atoms with Gasteiger partial charge in [-0.1, -0.05) is 29.8 Å². The molecule has 33 heavy (non-hydrogen) atoms. The second-order valence-corrected chi connectivity index (χ2v) is 9.09. The van der Waals surface area contributed by atoms with Gasteiger partial charge in [0.05, 0.1) is 0 Å². The standard InChI is InChI=1S/C24H23ClN4O4/c1-14-2-4-17(11-19(14)25)28-9-8-27(24(28)33)12-15-3-5-18-16(10-15)13-29(23(18)32)20-6-7-21(30)26-22(20)31/h2-5,10-11,20H,6-9,12-13H2,1H3,(H,26,30,31). The minimum atomic E-state index is -0.638. The molecule has 3 aliphatic rings. The maximum absolute atomic E-state index is 13.0. The molecule has 1 unspecified atom stereocenters. The highest BCUT2D eigenvalue weighted by Crippen LogP contribution is 2.30. The lowest BCUT2D eigenvalue weighted by molar-refractivity contribution is -0.136. The third-order valence-corrected chi connectivity index (χ3v) is 6.93. The van der Waals surface area contributed by atoms with Crippen LogP contribution in [0.3, 0.4) is 0 Å². The van der Waals surface area contributed by atoms with Crippen LogP contribution in [0.5, 0.6) is 0 Å². The summed E-state index contributed by atoms with van der Waals surface area (Å²) >= 11 is 6.23. The van der Waals surface area contributed by atoms with Gasteiger partial charge < -0.3 is 9.80 Å². The summed E-state index contributed by atoms with van der Waals surface area (Å²) in [6.45, 7) is 3.82. The molecule has 5 amide bonds. The van der Waals surface area contributed by atoms with Gasteiger partial charge in [-0.15, -0.1) is 0 Å². The SMILES string of the molecule is Cc1ccc(N2CCN(Cc3ccc4c(c3)CN(C3CCC(=O)NC3=O)C4=O)C2=O)cc1Cl. The molecule has 0 radical (unpaired) electrons. The van der Waals surface area contributed by atoms with Crippen LogP contribution in [-0.2, 0) is 22.7 Å². The number of anilines is 1. The number of aryl methyl sites for hydroxylation is 1. The molecule has 2 saturated heterocycles. The van der Waals surface area contributed by atoms with Gasteiger partial charge in [-0.3, -0.25) is 24.6 Å². The fraction of sp³-hybridized carbons (Fsp3) is 0.333. The predicted molar refractivity (Wildman–Crippen MR) is 122 cm³/mol. The Hall–Kier alpha value is -3.39. The average molecular weight is 467 g/mol. The minimum Gasteiger partial charge on any atom is -0.322 e. The summed E-state index contributed by atoms with van der Waals surface area (Å²) in [6, 6.07) is 10.4. The van der Waals surface area contributed by atoms with Crippen LogP contribution in [-0.4, -0.2) is 52.7 Å². The Labute approximate surface area is 196 Å². The van der Waals surface area contributed by atoms with Crippen molar-refractivity contribution in [1.82, 2.24) is 15.1 Å². The molecular weight excluding hydrogens is 444 g/mol. The molecule has 0 saturated carbocycles. The number of halogens is 1. The number of carbonyl (C=O) groups excluding carboxylic acids is 4. The zero-order chi connectivity index (χ0) is 23.3. The molecule has 8 nitrogen and oxygen atoms in total. The van der Waals surface area contributed by atoms with E-state index < -0.39 is 11.9 Å². The quantitative estimate of drug-likeness (QED) is 0.701. The molecule has 1 atom stereocenters. The van der Waals surface area contributed by atoms with Crippen LogP contribution in [0, 0.1) is 6.92 Å². The average Bonchev–Trinajstić information content (AvgIpc) is 3.30. The summed E-state index contributed by atoms with van der Waals surface area (Å²) in [5.41, 5.74) is 4.05. The Bertz CT molecular complexity index is 1200. The molecular formula is C24H23ClN4O4. The largest absolute Gasteiger partial charge is 0.324 e. The van der Waals surface area contributed by atoms with E-state index in [1.54, 1.807) is 15.9 Å². The lowest BCUT2D eigenvalue weighted by Gasteiger charge is -2.29. The lowest BCUT2D eigenvalue weighted by atomic mass is 10.0. The zero-order valence-electron chi connectivity index (χ0n) is 18.1. The van der Waals surface area contributed by atoms with Gasteiger partial charge in [0.1, 0.15) is 6.04 Å². The van der Waals surface area contributed by atoms with Crippen molar-refractivity contribution in [3.05, 3.63) is 63.7 Å². The molecule has 2 fully saturated rings. The molecule has 0 bridgehead atoms. The van der Waals surface area contributed by atoms with E-state index in [1.165, 1.54) is 4.90 Å². The van der Waals surface area contributed by atoms with Crippen LogP contribution in [0.4, 0.5) is 10.5 Å². The number of piperidine rings is 1. The Kier molecular flexibility index (Phi) is 5.32. The fourth-order valence-corrected chi connectivity index (χ4v) is 4.84. The maximum Gasteiger partial charge on any atom is 0.324 e. The summed E-state index contributed by atoms with van der Waals surface area (Å²) in [6.07, 6.45) is 0.555. The van der Waals surface area contributed by atoms with Gasteiger partial charge in [0.15, 0.2) is 0 Å². The summed E-state index contributed by atoms with van der Waals surface area (Å²) in [7, 11) is 0. The van der Waals surface area contributed by atoms with Gasteiger partial charge in [0, 0.05) is 48.9 Å². The number of hydrogen-bond donors (Lipinski definition) is 1. The highest BCUT2D eigenvalue weighted by Gasteiger charge is 2.39. The van der Waals surface area contributed by atoms with E-state index in [1.807, 2.05) is 37.3 Å². The highest BCUT2D eigenvalue weighted by molar-refractivity contribution is 6.31. The molecule has 3 aliphatic heterocycles. The van der Waals surface area contributed by atoms with E-state index in [0.29, 0.717) is 43.2 Å². The lowest BCUT2D eigenvalue weighted by Crippen LogP contribution is -2.52. The monoisotopic (exact) mass is 466 g/mol. The minimum absolute atomic E-state index is 0.0864. The van der Waals surface area contributed by atoms with Crippen LogP contribution in [0.15, 0.2) is 36.4 Å². The third kappa shape index (κ3) is 3.84. The molecule has 0 spiro atoms. The first-order valence-electron chi connectivity index (χ1n) is 10.9. The number of carbonyl (C=O) groups is 4. The van der Waals surface area contributed by atoms with E-state index in [-0.39, 0.29) is 24.3 Å². The second kappa shape index (κ2) is 8.19. The van der Waals surface area contributed by atoms with Gasteiger partial charge in [0.2, 0.25) is 11.8 Å². The number of fused-ring (bicyclic) bond motifs is 1. The van der Waals surface area contributed by atoms with Crippen molar-refractivity contribution in [1.29, 1.82) is 0 Å². The van der Waals surface area contributed by atoms with Crippen LogP contribution in [0.1, 0.15) is 39.9 Å². The first-order valence-corrected chi connectivity index (χ1v) is 11.3. The summed E-state index contributed by atoms with van der Waals surface area (Å²) in [5, 5.41) is 2.94. The molecule has 9 heteroatoms. The highest BCUT2D eigenvalue weighted by atomic mass is 35.5. The first kappa shape index (κ1) is 21.5. The Balaban J connectivity index is 1.29. The number of rotatable bonds is 4. The molecule has 2 aromatic carbocycles. The van der Waals surface area contributed by atoms with E-state index >= 15 is 0 Å². The van der Waals surface area contributed by atoms with Crippen LogP contribution < -0.4 is 10.2 Å². The molecule has 0 aromatic heterocycles. The normalized spacial score (nSPS) is 20.5. The van der Waals surface area contributed by atoms with Gasteiger partial charge >= 0.3 is 6.03 Å². The Morgan fingerprint density at radius 1 is 1.06 bits per heavy atom. The van der Waals surface area contributed by atoms with E-state index in [4.69, 9.17) is 11.6 Å². The molecule has 1 N–H and O–H groups in total. The smallest absolute Gasteiger partial charge is 0.322 e. The molecule has 170 valence electrons. The van der Waals surface area contributed by atoms with Gasteiger partial charge in [-0.2, -0.15) is 0 Å². The van der Waals surface area contributed by atoms with Gasteiger partial charge in [-0.05, 0) is 48.2 Å². The number of hydrogen-bond acceptors (Lipinski definition) is 4. The van der Waals surface area contributed by atoms with E-state index in [9.17, 15) is 19.2 Å². The number of imide groups is 1. The fourth-order valence-electron chi connectivity index (χ4n) is 4.67. The molecule has 2 aromatic rings. The van der Waals surface area contributed by atoms with Crippen LogP contribution in [0.2, 0.25) is 5.02 Å². The zero-order valence-corrected chi connectivity index (χ0v) is 18.9. The van der Waals surface area contributed by atoms with E-state index in [2.05, 4.69) is 5.32 Å². The van der Waals surface area contributed by atoms with Crippen LogP contribution >= 0.6 is 11.6 Å². The number of benzene rings is 2. The van der Waals surface area contributed by atoms with Crippen molar-refractivity contribution < 1.29 is 19.2 Å². The Morgan fingerprint density at radius 3 is 2.64 bits per heavy atom. The number of nitrogens with one attached hydrogen (secondary N) is 1. The summed E-state index contributed by atoms with van der Waals surface area (Å²) in [5.74, 6) is -0.933. The van der Waals surface area contributed by atoms with Gasteiger partial charge in [-0.25, -0.2) is 4.79 Å². The summed E-state index contributed by atoms with van der Waals surface area (Å²) < 4.78 is 0. The van der Waals surface area contributed by atoms with Crippen molar-refractivity contribution in [2.45, 2.75) is 38.9 Å². The topological polar surface area (TPSA) is 90.0 Å². The first-order chi connectivity index (χ1) is 15.8. The molecule has 0 aliphatic carbocycles. The van der Waals surface area contributed by atoms with Crippen molar-refractivity contribution in [2.24, 2.45) is 0 Å².